The molecule has 1 aromatic rings. The van der Waals surface area contributed by atoms with Crippen molar-refractivity contribution >= 4 is 0 Å². The molecule has 1 aliphatic carbocycles. The molecule has 0 amide bonds. The van der Waals surface area contributed by atoms with E-state index in [9.17, 15) is 0 Å². The van der Waals surface area contributed by atoms with Gasteiger partial charge in [0, 0.05) is 32.2 Å². The van der Waals surface area contributed by atoms with Crippen LogP contribution in [0.5, 0.6) is 0 Å². The van der Waals surface area contributed by atoms with Gasteiger partial charge < -0.3 is 5.32 Å². The zero-order valence-corrected chi connectivity index (χ0v) is 6.88. The molecule has 1 fully saturated rings. The van der Waals surface area contributed by atoms with Crippen LogP contribution >= 0.6 is 0 Å². The molecule has 62 valence electrons. The predicted molar refractivity (Wildman–Crippen MR) is 46.9 cm³/mol. The smallest absolute Gasteiger partial charge is 0.0479 e. The van der Waals surface area contributed by atoms with E-state index >= 15 is 0 Å². The van der Waals surface area contributed by atoms with Crippen molar-refractivity contribution in [2.24, 2.45) is 0 Å². The van der Waals surface area contributed by atoms with E-state index in [0.717, 1.165) is 12.1 Å². The third-order valence-electron chi connectivity index (χ3n) is 2.98. The summed E-state index contributed by atoms with van der Waals surface area (Å²) in [6.45, 7) is 0.712. The highest BCUT2D eigenvalue weighted by Gasteiger charge is 2.46. The number of nitrogens with one attached hydrogen (secondary N) is 1. The van der Waals surface area contributed by atoms with E-state index in [0.29, 0.717) is 5.41 Å². The maximum atomic E-state index is 7.82. The molecule has 0 aromatic carbocycles. The second-order valence-corrected chi connectivity index (χ2v) is 3.77. The first-order valence-corrected chi connectivity index (χ1v) is 4.42. The molecule has 3 rings (SSSR count). The lowest BCUT2D eigenvalue weighted by Gasteiger charge is -2.25. The minimum Gasteiger partial charge on any atom is -0.312 e. The maximum Gasteiger partial charge on any atom is 0.0479 e. The van der Waals surface area contributed by atoms with Gasteiger partial charge in [-0.1, -0.05) is 0 Å². The largest absolute Gasteiger partial charge is 0.312 e. The number of hydrogen-bond donors (Lipinski definition) is 1. The Bertz CT molecular complexity index is 347. The van der Waals surface area contributed by atoms with Gasteiger partial charge in [0.2, 0.25) is 0 Å². The first-order valence-electron chi connectivity index (χ1n) is 5.00. The molecule has 2 nitrogen and oxygen atoms in total. The van der Waals surface area contributed by atoms with E-state index in [-0.39, 0.29) is 6.52 Å². The molecule has 2 heteroatoms. The molecule has 1 saturated carbocycles. The molecule has 1 atom stereocenters. The highest BCUT2D eigenvalue weighted by Crippen LogP contribution is 2.49. The fourth-order valence-corrected chi connectivity index (χ4v) is 2.02. The normalized spacial score (nSPS) is 31.0. The van der Waals surface area contributed by atoms with Crippen molar-refractivity contribution < 1.29 is 1.37 Å². The monoisotopic (exact) mass is 161 g/mol. The van der Waals surface area contributed by atoms with Crippen LogP contribution in [-0.2, 0) is 11.9 Å². The zero-order chi connectivity index (χ0) is 8.89. The zero-order valence-electron chi connectivity index (χ0n) is 7.88. The molecule has 1 aliphatic heterocycles. The first-order chi connectivity index (χ1) is 6.32. The number of hydrogen-bond acceptors (Lipinski definition) is 2. The molecule has 1 spiro atoms. The minimum absolute atomic E-state index is 0.246. The van der Waals surface area contributed by atoms with Crippen molar-refractivity contribution in [2.45, 2.75) is 24.8 Å². The van der Waals surface area contributed by atoms with Gasteiger partial charge in [0.15, 0.2) is 0 Å². The molecular weight excluding hydrogens is 148 g/mol. The Labute approximate surface area is 73.4 Å². The van der Waals surface area contributed by atoms with Gasteiger partial charge in [-0.2, -0.15) is 0 Å². The van der Waals surface area contributed by atoms with E-state index in [2.05, 4.69) is 10.3 Å². The Hall–Kier alpha value is -0.890. The second kappa shape index (κ2) is 2.07. The molecule has 1 N–H and O–H groups in total. The summed E-state index contributed by atoms with van der Waals surface area (Å²) in [7, 11) is 0. The summed E-state index contributed by atoms with van der Waals surface area (Å²) in [6, 6.07) is 1.97. The molecule has 2 aliphatic rings. The molecule has 0 radical (unpaired) electrons. The van der Waals surface area contributed by atoms with Crippen LogP contribution in [0.15, 0.2) is 18.5 Å². The Morgan fingerprint density at radius 2 is 2.50 bits per heavy atom. The Morgan fingerprint density at radius 1 is 1.58 bits per heavy atom. The van der Waals surface area contributed by atoms with E-state index in [1.807, 2.05) is 12.3 Å². The molecule has 1 aromatic heterocycles. The second-order valence-electron chi connectivity index (χ2n) is 3.77. The Morgan fingerprint density at radius 3 is 3.33 bits per heavy atom. The SMILES string of the molecule is [2H]C1NCC2(CC2)c2cnccc21. The summed E-state index contributed by atoms with van der Waals surface area (Å²) in [4.78, 5) is 4.16. The van der Waals surface area contributed by atoms with Crippen LogP contribution in [0.25, 0.3) is 0 Å². The van der Waals surface area contributed by atoms with Crippen LogP contribution in [0.1, 0.15) is 25.3 Å². The summed E-state index contributed by atoms with van der Waals surface area (Å²) in [5.41, 5.74) is 2.79. The Balaban J connectivity index is 2.16. The minimum atomic E-state index is -0.246. The quantitative estimate of drug-likeness (QED) is 0.618. The summed E-state index contributed by atoms with van der Waals surface area (Å²) in [5.74, 6) is 0. The van der Waals surface area contributed by atoms with Gasteiger partial charge in [0.05, 0.1) is 0 Å². The highest BCUT2D eigenvalue weighted by atomic mass is 14.9. The van der Waals surface area contributed by atoms with Gasteiger partial charge in [-0.15, -0.1) is 0 Å². The van der Waals surface area contributed by atoms with Crippen LogP contribution in [0.4, 0.5) is 0 Å². The fourth-order valence-electron chi connectivity index (χ4n) is 2.02. The van der Waals surface area contributed by atoms with Gasteiger partial charge in [-0.25, -0.2) is 0 Å². The molecule has 1 unspecified atom stereocenters. The van der Waals surface area contributed by atoms with E-state index in [1.54, 1.807) is 6.20 Å². The first kappa shape index (κ1) is 5.70. The lowest BCUT2D eigenvalue weighted by molar-refractivity contribution is 0.529. The predicted octanol–water partition coefficient (Wildman–Crippen LogP) is 1.22. The summed E-state index contributed by atoms with van der Waals surface area (Å²) in [5, 5.41) is 3.23. The number of pyridine rings is 1. The summed E-state index contributed by atoms with van der Waals surface area (Å²) >= 11 is 0. The third-order valence-corrected chi connectivity index (χ3v) is 2.98. The van der Waals surface area contributed by atoms with Gasteiger partial charge in [-0.05, 0) is 30.0 Å². The molecule has 12 heavy (non-hydrogen) atoms. The summed E-state index contributed by atoms with van der Waals surface area (Å²) < 4.78 is 7.82. The van der Waals surface area contributed by atoms with Crippen molar-refractivity contribution in [1.29, 1.82) is 0 Å². The van der Waals surface area contributed by atoms with E-state index < -0.39 is 0 Å². The average Bonchev–Trinajstić information content (AvgIpc) is 2.94. The number of fused-ring (bicyclic) bond motifs is 2. The Kier molecular flexibility index (Phi) is 0.986. The molecule has 0 bridgehead atoms. The van der Waals surface area contributed by atoms with Crippen molar-refractivity contribution in [1.82, 2.24) is 10.3 Å². The highest BCUT2D eigenvalue weighted by molar-refractivity contribution is 5.38. The molecule has 2 heterocycles. The molecule has 0 saturated heterocycles. The lowest BCUT2D eigenvalue weighted by atomic mass is 9.90. The van der Waals surface area contributed by atoms with Gasteiger partial charge in [0.1, 0.15) is 0 Å². The topological polar surface area (TPSA) is 24.9 Å². The van der Waals surface area contributed by atoms with Crippen LogP contribution in [0, 0.1) is 0 Å². The molecular formula is C10H12N2. The van der Waals surface area contributed by atoms with Crippen LogP contribution in [-0.4, -0.2) is 11.5 Å². The van der Waals surface area contributed by atoms with Gasteiger partial charge >= 0.3 is 0 Å². The summed E-state index contributed by atoms with van der Waals surface area (Å²) in [6.07, 6.45) is 6.24. The van der Waals surface area contributed by atoms with Crippen molar-refractivity contribution in [2.75, 3.05) is 6.54 Å². The number of rotatable bonds is 0. The lowest BCUT2D eigenvalue weighted by Crippen LogP contribution is -2.33. The average molecular weight is 161 g/mol. The third kappa shape index (κ3) is 0.758. The van der Waals surface area contributed by atoms with E-state index in [1.165, 1.54) is 18.4 Å². The van der Waals surface area contributed by atoms with Crippen LogP contribution in [0.3, 0.4) is 0 Å². The standard InChI is InChI=1S/C10H12N2/c1-4-11-6-9-8(1)5-12-7-10(9)2-3-10/h1,4,6,12H,2-3,5,7H2/i5D. The van der Waals surface area contributed by atoms with Crippen molar-refractivity contribution in [3.63, 3.8) is 0 Å². The van der Waals surface area contributed by atoms with Crippen LogP contribution in [0.2, 0.25) is 0 Å². The van der Waals surface area contributed by atoms with Gasteiger partial charge in [0.25, 0.3) is 0 Å². The fraction of sp³-hybridized carbons (Fsp3) is 0.500. The maximum absolute atomic E-state index is 7.82. The van der Waals surface area contributed by atoms with Gasteiger partial charge in [-0.3, -0.25) is 4.98 Å². The van der Waals surface area contributed by atoms with Crippen LogP contribution < -0.4 is 5.32 Å². The number of nitrogens with zero attached hydrogens (tertiary/aromatic N) is 1. The van der Waals surface area contributed by atoms with Crippen molar-refractivity contribution in [3.05, 3.63) is 29.6 Å². The van der Waals surface area contributed by atoms with E-state index in [4.69, 9.17) is 1.37 Å². The number of aromatic nitrogens is 1. The van der Waals surface area contributed by atoms with Crippen molar-refractivity contribution in [3.8, 4) is 0 Å².